The SMILES string of the molecule is COC(=O)/C(C#N)=C\c1ccc(OCc2cccc(F)c2)c(OC)c1. The molecule has 0 saturated carbocycles. The summed E-state index contributed by atoms with van der Waals surface area (Å²) >= 11 is 0. The summed E-state index contributed by atoms with van der Waals surface area (Å²) < 4.78 is 28.7. The van der Waals surface area contributed by atoms with Crippen LogP contribution < -0.4 is 9.47 Å². The molecule has 0 radical (unpaired) electrons. The Labute approximate surface area is 144 Å². The first-order chi connectivity index (χ1) is 12.1. The van der Waals surface area contributed by atoms with Crippen LogP contribution in [0.25, 0.3) is 6.08 Å². The standard InChI is InChI=1S/C19H16FNO4/c1-23-18-10-13(8-15(11-21)19(22)24-2)6-7-17(18)25-12-14-4-3-5-16(20)9-14/h3-10H,12H2,1-2H3/b15-8-. The first kappa shape index (κ1) is 18.0. The quantitative estimate of drug-likeness (QED) is 0.457. The first-order valence-corrected chi connectivity index (χ1v) is 7.32. The van der Waals surface area contributed by atoms with Gasteiger partial charge in [0.1, 0.15) is 24.1 Å². The Balaban J connectivity index is 2.20. The Morgan fingerprint density at radius 1 is 1.20 bits per heavy atom. The number of halogens is 1. The Kier molecular flexibility index (Phi) is 6.13. The largest absolute Gasteiger partial charge is 0.493 e. The maximum Gasteiger partial charge on any atom is 0.348 e. The molecule has 6 heteroatoms. The van der Waals surface area contributed by atoms with E-state index in [2.05, 4.69) is 4.74 Å². The number of rotatable bonds is 6. The molecule has 0 atom stereocenters. The second-order valence-electron chi connectivity index (χ2n) is 4.99. The minimum atomic E-state index is -0.715. The third kappa shape index (κ3) is 4.82. The van der Waals surface area contributed by atoms with E-state index >= 15 is 0 Å². The van der Waals surface area contributed by atoms with E-state index < -0.39 is 5.97 Å². The molecule has 2 rings (SSSR count). The number of carbonyl (C=O) groups is 1. The van der Waals surface area contributed by atoms with Crippen molar-refractivity contribution in [3.8, 4) is 17.6 Å². The van der Waals surface area contributed by atoms with E-state index in [0.717, 1.165) is 0 Å². The van der Waals surface area contributed by atoms with Gasteiger partial charge in [-0.15, -0.1) is 0 Å². The smallest absolute Gasteiger partial charge is 0.348 e. The third-order valence-corrected chi connectivity index (χ3v) is 3.31. The molecule has 0 aromatic heterocycles. The second-order valence-corrected chi connectivity index (χ2v) is 4.99. The van der Waals surface area contributed by atoms with Crippen LogP contribution in [-0.2, 0) is 16.1 Å². The molecular weight excluding hydrogens is 325 g/mol. The van der Waals surface area contributed by atoms with E-state index in [-0.39, 0.29) is 18.0 Å². The first-order valence-electron chi connectivity index (χ1n) is 7.32. The summed E-state index contributed by atoms with van der Waals surface area (Å²) in [5.74, 6) is -0.166. The van der Waals surface area contributed by atoms with Crippen molar-refractivity contribution in [2.45, 2.75) is 6.61 Å². The average molecular weight is 341 g/mol. The highest BCUT2D eigenvalue weighted by molar-refractivity contribution is 5.97. The van der Waals surface area contributed by atoms with Crippen LogP contribution >= 0.6 is 0 Å². The van der Waals surface area contributed by atoms with Gasteiger partial charge in [0.05, 0.1) is 14.2 Å². The Morgan fingerprint density at radius 2 is 2.00 bits per heavy atom. The molecule has 0 amide bonds. The summed E-state index contributed by atoms with van der Waals surface area (Å²) in [5.41, 5.74) is 1.14. The van der Waals surface area contributed by atoms with Gasteiger partial charge in [-0.1, -0.05) is 18.2 Å². The van der Waals surface area contributed by atoms with Gasteiger partial charge in [0.25, 0.3) is 0 Å². The third-order valence-electron chi connectivity index (χ3n) is 3.31. The monoisotopic (exact) mass is 341 g/mol. The number of nitrogens with zero attached hydrogens (tertiary/aromatic N) is 1. The summed E-state index contributed by atoms with van der Waals surface area (Å²) in [7, 11) is 2.68. The lowest BCUT2D eigenvalue weighted by Gasteiger charge is -2.11. The van der Waals surface area contributed by atoms with Crippen LogP contribution in [0.15, 0.2) is 48.0 Å². The van der Waals surface area contributed by atoms with Crippen molar-refractivity contribution < 1.29 is 23.4 Å². The molecule has 128 valence electrons. The van der Waals surface area contributed by atoms with Crippen LogP contribution in [0.2, 0.25) is 0 Å². The van der Waals surface area contributed by atoms with Gasteiger partial charge >= 0.3 is 5.97 Å². The molecule has 0 unspecified atom stereocenters. The van der Waals surface area contributed by atoms with Crippen molar-refractivity contribution in [3.63, 3.8) is 0 Å². The van der Waals surface area contributed by atoms with Gasteiger partial charge in [0.2, 0.25) is 0 Å². The molecule has 2 aromatic rings. The zero-order valence-electron chi connectivity index (χ0n) is 13.8. The zero-order chi connectivity index (χ0) is 18.2. The lowest BCUT2D eigenvalue weighted by molar-refractivity contribution is -0.135. The molecule has 25 heavy (non-hydrogen) atoms. The molecule has 2 aromatic carbocycles. The van der Waals surface area contributed by atoms with Gasteiger partial charge in [-0.05, 0) is 41.5 Å². The Morgan fingerprint density at radius 3 is 2.64 bits per heavy atom. The van der Waals surface area contributed by atoms with Gasteiger partial charge in [0.15, 0.2) is 11.5 Å². The van der Waals surface area contributed by atoms with Crippen LogP contribution in [0.3, 0.4) is 0 Å². The highest BCUT2D eigenvalue weighted by atomic mass is 19.1. The van der Waals surface area contributed by atoms with Crippen molar-refractivity contribution in [2.24, 2.45) is 0 Å². The minimum absolute atomic E-state index is 0.127. The molecule has 0 fully saturated rings. The number of nitriles is 1. The summed E-state index contributed by atoms with van der Waals surface area (Å²) in [5, 5.41) is 9.00. The number of methoxy groups -OCH3 is 2. The molecule has 0 spiro atoms. The van der Waals surface area contributed by atoms with Crippen LogP contribution in [0.4, 0.5) is 4.39 Å². The van der Waals surface area contributed by atoms with E-state index in [4.69, 9.17) is 14.7 Å². The fourth-order valence-corrected chi connectivity index (χ4v) is 2.09. The van der Waals surface area contributed by atoms with Gasteiger partial charge in [-0.2, -0.15) is 5.26 Å². The number of carbonyl (C=O) groups excluding carboxylic acids is 1. The van der Waals surface area contributed by atoms with Gasteiger partial charge in [-0.25, -0.2) is 9.18 Å². The molecule has 0 N–H and O–H groups in total. The van der Waals surface area contributed by atoms with Crippen molar-refractivity contribution >= 4 is 12.0 Å². The van der Waals surface area contributed by atoms with Gasteiger partial charge in [0, 0.05) is 0 Å². The van der Waals surface area contributed by atoms with Crippen LogP contribution in [-0.4, -0.2) is 20.2 Å². The summed E-state index contributed by atoms with van der Waals surface area (Å²) in [6, 6.07) is 12.8. The molecule has 0 saturated heterocycles. The molecule has 0 heterocycles. The van der Waals surface area contributed by atoms with Gasteiger partial charge in [-0.3, -0.25) is 0 Å². The Hall–Kier alpha value is -3.33. The fraction of sp³-hybridized carbons (Fsp3) is 0.158. The Bertz CT molecular complexity index is 840. The predicted molar refractivity (Wildman–Crippen MR) is 89.3 cm³/mol. The van der Waals surface area contributed by atoms with Crippen LogP contribution in [0.5, 0.6) is 11.5 Å². The van der Waals surface area contributed by atoms with E-state index in [1.54, 1.807) is 36.4 Å². The van der Waals surface area contributed by atoms with E-state index in [1.165, 1.54) is 32.4 Å². The number of hydrogen-bond acceptors (Lipinski definition) is 5. The molecule has 0 aliphatic rings. The summed E-state index contributed by atoms with van der Waals surface area (Å²) in [6.07, 6.45) is 1.39. The predicted octanol–water partition coefficient (Wildman–Crippen LogP) is 3.49. The van der Waals surface area contributed by atoms with Crippen molar-refractivity contribution in [1.29, 1.82) is 5.26 Å². The number of hydrogen-bond donors (Lipinski definition) is 0. The molecular formula is C19H16FNO4. The van der Waals surface area contributed by atoms with E-state index in [9.17, 15) is 9.18 Å². The maximum atomic E-state index is 13.2. The highest BCUT2D eigenvalue weighted by Gasteiger charge is 2.11. The molecule has 0 aliphatic heterocycles. The van der Waals surface area contributed by atoms with Crippen LogP contribution in [0, 0.1) is 17.1 Å². The summed E-state index contributed by atoms with van der Waals surface area (Å²) in [6.45, 7) is 0.176. The van der Waals surface area contributed by atoms with Crippen LogP contribution in [0.1, 0.15) is 11.1 Å². The van der Waals surface area contributed by atoms with Gasteiger partial charge < -0.3 is 14.2 Å². The molecule has 0 aliphatic carbocycles. The molecule has 5 nitrogen and oxygen atoms in total. The lowest BCUT2D eigenvalue weighted by atomic mass is 10.1. The number of benzene rings is 2. The van der Waals surface area contributed by atoms with E-state index in [1.807, 2.05) is 0 Å². The van der Waals surface area contributed by atoms with Crippen molar-refractivity contribution in [2.75, 3.05) is 14.2 Å². The number of esters is 1. The highest BCUT2D eigenvalue weighted by Crippen LogP contribution is 2.29. The summed E-state index contributed by atoms with van der Waals surface area (Å²) in [4.78, 5) is 11.5. The average Bonchev–Trinajstić information content (AvgIpc) is 2.64. The van der Waals surface area contributed by atoms with Crippen molar-refractivity contribution in [1.82, 2.24) is 0 Å². The molecule has 0 bridgehead atoms. The topological polar surface area (TPSA) is 68.6 Å². The van der Waals surface area contributed by atoms with E-state index in [0.29, 0.717) is 22.6 Å². The fourth-order valence-electron chi connectivity index (χ4n) is 2.09. The maximum absolute atomic E-state index is 13.2. The minimum Gasteiger partial charge on any atom is -0.493 e. The second kappa shape index (κ2) is 8.50. The zero-order valence-corrected chi connectivity index (χ0v) is 13.8. The lowest BCUT2D eigenvalue weighted by Crippen LogP contribution is -2.02. The number of ether oxygens (including phenoxy) is 3. The van der Waals surface area contributed by atoms with Crippen molar-refractivity contribution in [3.05, 3.63) is 65.0 Å². The normalized spacial score (nSPS) is 10.7.